The summed E-state index contributed by atoms with van der Waals surface area (Å²) in [6.45, 7) is 3.40. The predicted octanol–water partition coefficient (Wildman–Crippen LogP) is 3.69. The van der Waals surface area contributed by atoms with E-state index in [0.717, 1.165) is 5.39 Å². The molecule has 3 nitrogen and oxygen atoms in total. The number of benzene rings is 1. The molecule has 0 N–H and O–H groups in total. The van der Waals surface area contributed by atoms with Crippen LogP contribution in [0.15, 0.2) is 28.7 Å². The number of rotatable bonds is 3. The van der Waals surface area contributed by atoms with E-state index in [9.17, 15) is 4.79 Å². The number of ketones is 1. The van der Waals surface area contributed by atoms with Gasteiger partial charge in [-0.25, -0.2) is 0 Å². The van der Waals surface area contributed by atoms with Crippen molar-refractivity contribution in [2.24, 2.45) is 0 Å². The van der Waals surface area contributed by atoms with Crippen molar-refractivity contribution in [1.82, 2.24) is 0 Å². The number of ether oxygens (including phenoxy) is 1. The van der Waals surface area contributed by atoms with Crippen LogP contribution in [0.25, 0.3) is 11.0 Å². The third-order valence-electron chi connectivity index (χ3n) is 2.78. The monoisotopic (exact) mass is 252 g/mol. The van der Waals surface area contributed by atoms with Gasteiger partial charge in [0.05, 0.1) is 5.02 Å². The van der Waals surface area contributed by atoms with Crippen LogP contribution < -0.4 is 0 Å². The van der Waals surface area contributed by atoms with Crippen molar-refractivity contribution in [3.8, 4) is 0 Å². The second kappa shape index (κ2) is 4.17. The molecule has 0 unspecified atom stereocenters. The van der Waals surface area contributed by atoms with Gasteiger partial charge >= 0.3 is 0 Å². The Morgan fingerprint density at radius 1 is 1.41 bits per heavy atom. The van der Waals surface area contributed by atoms with Crippen molar-refractivity contribution in [2.45, 2.75) is 19.4 Å². The van der Waals surface area contributed by atoms with E-state index < -0.39 is 5.60 Å². The van der Waals surface area contributed by atoms with Crippen LogP contribution >= 0.6 is 11.6 Å². The average molecular weight is 253 g/mol. The Morgan fingerprint density at radius 2 is 2.12 bits per heavy atom. The second-order valence-corrected chi connectivity index (χ2v) is 4.72. The van der Waals surface area contributed by atoms with Gasteiger partial charge < -0.3 is 9.15 Å². The molecule has 0 bridgehead atoms. The molecular formula is C13H13ClO3. The van der Waals surface area contributed by atoms with Gasteiger partial charge in [0.2, 0.25) is 5.78 Å². The quantitative estimate of drug-likeness (QED) is 0.782. The first-order valence-electron chi connectivity index (χ1n) is 5.24. The number of halogens is 1. The summed E-state index contributed by atoms with van der Waals surface area (Å²) in [4.78, 5) is 12.1. The van der Waals surface area contributed by atoms with E-state index in [1.165, 1.54) is 7.11 Å². The third-order valence-corrected chi connectivity index (χ3v) is 3.07. The first kappa shape index (κ1) is 12.1. The Morgan fingerprint density at radius 3 is 2.71 bits per heavy atom. The summed E-state index contributed by atoms with van der Waals surface area (Å²) in [5, 5.41) is 1.31. The Bertz CT molecular complexity index is 569. The fourth-order valence-corrected chi connectivity index (χ4v) is 1.75. The topological polar surface area (TPSA) is 39.4 Å². The van der Waals surface area contributed by atoms with Crippen molar-refractivity contribution in [2.75, 3.05) is 7.11 Å². The highest BCUT2D eigenvalue weighted by atomic mass is 35.5. The molecule has 1 aromatic heterocycles. The van der Waals surface area contributed by atoms with Gasteiger partial charge in [-0.3, -0.25) is 4.79 Å². The van der Waals surface area contributed by atoms with E-state index in [0.29, 0.717) is 10.6 Å². The molecule has 1 aromatic carbocycles. The fourth-order valence-electron chi connectivity index (χ4n) is 1.53. The summed E-state index contributed by atoms with van der Waals surface area (Å²) in [6, 6.07) is 7.07. The highest BCUT2D eigenvalue weighted by Gasteiger charge is 2.31. The van der Waals surface area contributed by atoms with Crippen LogP contribution in [0.4, 0.5) is 0 Å². The molecule has 0 radical (unpaired) electrons. The van der Waals surface area contributed by atoms with Gasteiger partial charge in [-0.05, 0) is 26.0 Å². The molecule has 0 fully saturated rings. The Kier molecular flexibility index (Phi) is 2.98. The van der Waals surface area contributed by atoms with E-state index in [-0.39, 0.29) is 11.5 Å². The standard InChI is InChI=1S/C13H13ClO3/c1-13(2,16-3)12(15)10-7-8-5-4-6-9(14)11(8)17-10/h4-7H,1-3H3. The lowest BCUT2D eigenvalue weighted by atomic mass is 10.0. The van der Waals surface area contributed by atoms with E-state index in [2.05, 4.69) is 0 Å². The molecule has 1 heterocycles. The van der Waals surface area contributed by atoms with Crippen molar-refractivity contribution in [3.63, 3.8) is 0 Å². The smallest absolute Gasteiger partial charge is 0.229 e. The number of carbonyl (C=O) groups excluding carboxylic acids is 1. The Labute approximate surface area is 104 Å². The van der Waals surface area contributed by atoms with E-state index in [1.54, 1.807) is 26.0 Å². The lowest BCUT2D eigenvalue weighted by Crippen LogP contribution is -2.33. The summed E-state index contributed by atoms with van der Waals surface area (Å²) < 4.78 is 10.6. The zero-order valence-corrected chi connectivity index (χ0v) is 10.7. The summed E-state index contributed by atoms with van der Waals surface area (Å²) in [5.41, 5.74) is -0.371. The maximum absolute atomic E-state index is 12.1. The number of fused-ring (bicyclic) bond motifs is 1. The number of carbonyl (C=O) groups is 1. The Hall–Kier alpha value is -1.32. The van der Waals surface area contributed by atoms with Crippen LogP contribution in [0, 0.1) is 0 Å². The average Bonchev–Trinajstić information content (AvgIpc) is 2.73. The van der Waals surface area contributed by atoms with E-state index in [1.807, 2.05) is 12.1 Å². The molecule has 0 saturated heterocycles. The molecule has 17 heavy (non-hydrogen) atoms. The largest absolute Gasteiger partial charge is 0.451 e. The normalized spacial score (nSPS) is 12.0. The second-order valence-electron chi connectivity index (χ2n) is 4.31. The number of hydrogen-bond acceptors (Lipinski definition) is 3. The molecule has 0 aliphatic rings. The van der Waals surface area contributed by atoms with Crippen LogP contribution in [0.1, 0.15) is 24.4 Å². The highest BCUT2D eigenvalue weighted by molar-refractivity contribution is 6.34. The zero-order valence-electron chi connectivity index (χ0n) is 9.91. The van der Waals surface area contributed by atoms with Crippen molar-refractivity contribution in [1.29, 1.82) is 0 Å². The maximum Gasteiger partial charge on any atom is 0.229 e. The van der Waals surface area contributed by atoms with E-state index >= 15 is 0 Å². The molecule has 0 aliphatic heterocycles. The van der Waals surface area contributed by atoms with Crippen molar-refractivity contribution >= 4 is 28.4 Å². The summed E-state index contributed by atoms with van der Waals surface area (Å²) in [5.74, 6) is 0.0622. The number of Topliss-reactive ketones (excluding diaryl/α,β-unsaturated/α-hetero) is 1. The minimum absolute atomic E-state index is 0.202. The molecule has 90 valence electrons. The van der Waals surface area contributed by atoms with Crippen LogP contribution in [-0.4, -0.2) is 18.5 Å². The third kappa shape index (κ3) is 2.08. The molecule has 4 heteroatoms. The fraction of sp³-hybridized carbons (Fsp3) is 0.308. The predicted molar refractivity (Wildman–Crippen MR) is 66.6 cm³/mol. The first-order valence-corrected chi connectivity index (χ1v) is 5.61. The SMILES string of the molecule is COC(C)(C)C(=O)c1cc2cccc(Cl)c2o1. The van der Waals surface area contributed by atoms with Gasteiger partial charge in [0.15, 0.2) is 11.3 Å². The minimum Gasteiger partial charge on any atom is -0.451 e. The highest BCUT2D eigenvalue weighted by Crippen LogP contribution is 2.28. The number of furan rings is 1. The van der Waals surface area contributed by atoms with Gasteiger partial charge in [0.1, 0.15) is 5.60 Å². The lowest BCUT2D eigenvalue weighted by Gasteiger charge is -2.19. The maximum atomic E-state index is 12.1. The molecule has 2 aromatic rings. The van der Waals surface area contributed by atoms with Gasteiger partial charge in [0, 0.05) is 12.5 Å². The minimum atomic E-state index is -0.902. The van der Waals surface area contributed by atoms with Crippen molar-refractivity contribution < 1.29 is 13.9 Å². The van der Waals surface area contributed by atoms with Crippen LogP contribution in [0.3, 0.4) is 0 Å². The number of hydrogen-bond donors (Lipinski definition) is 0. The summed E-state index contributed by atoms with van der Waals surface area (Å²) in [6.07, 6.45) is 0. The van der Waals surface area contributed by atoms with Crippen LogP contribution in [0.5, 0.6) is 0 Å². The Balaban J connectivity index is 2.51. The zero-order chi connectivity index (χ0) is 12.6. The molecule has 0 spiro atoms. The lowest BCUT2D eigenvalue weighted by molar-refractivity contribution is 0.0206. The number of methoxy groups -OCH3 is 1. The molecule has 0 aliphatic carbocycles. The molecule has 0 amide bonds. The van der Waals surface area contributed by atoms with E-state index in [4.69, 9.17) is 20.8 Å². The van der Waals surface area contributed by atoms with Gasteiger partial charge in [-0.2, -0.15) is 0 Å². The first-order chi connectivity index (χ1) is 7.95. The molecular weight excluding hydrogens is 240 g/mol. The van der Waals surface area contributed by atoms with Crippen LogP contribution in [-0.2, 0) is 4.74 Å². The summed E-state index contributed by atoms with van der Waals surface area (Å²) >= 11 is 5.99. The number of para-hydroxylation sites is 1. The van der Waals surface area contributed by atoms with Crippen LogP contribution in [0.2, 0.25) is 5.02 Å². The van der Waals surface area contributed by atoms with Gasteiger partial charge in [0.25, 0.3) is 0 Å². The molecule has 0 atom stereocenters. The molecule has 0 saturated carbocycles. The molecule has 2 rings (SSSR count). The summed E-state index contributed by atoms with van der Waals surface area (Å²) in [7, 11) is 1.49. The van der Waals surface area contributed by atoms with Gasteiger partial charge in [-0.1, -0.05) is 23.7 Å². The van der Waals surface area contributed by atoms with Gasteiger partial charge in [-0.15, -0.1) is 0 Å². The van der Waals surface area contributed by atoms with Crippen molar-refractivity contribution in [3.05, 3.63) is 35.0 Å².